The largest absolute Gasteiger partial charge is 0.469 e. The fraction of sp³-hybridized carbons (Fsp3) is 0.350. The summed E-state index contributed by atoms with van der Waals surface area (Å²) in [5.74, 6) is -0.200. The van der Waals surface area contributed by atoms with E-state index in [0.29, 0.717) is 42.1 Å². The molecule has 2 heterocycles. The maximum Gasteiger partial charge on any atom is 0.259 e. The summed E-state index contributed by atoms with van der Waals surface area (Å²) < 4.78 is 5.13. The number of nitrogens with two attached hydrogens (primary N) is 1. The summed E-state index contributed by atoms with van der Waals surface area (Å²) in [4.78, 5) is 38.9. The molecule has 1 aliphatic heterocycles. The van der Waals surface area contributed by atoms with Crippen molar-refractivity contribution in [2.24, 2.45) is 5.73 Å². The zero-order valence-corrected chi connectivity index (χ0v) is 15.9. The van der Waals surface area contributed by atoms with E-state index in [1.807, 2.05) is 6.92 Å². The van der Waals surface area contributed by atoms with Crippen molar-refractivity contribution in [3.63, 3.8) is 0 Å². The van der Waals surface area contributed by atoms with Gasteiger partial charge < -0.3 is 25.7 Å². The van der Waals surface area contributed by atoms with E-state index in [4.69, 9.17) is 10.2 Å². The second kappa shape index (κ2) is 8.26. The molecule has 0 saturated carbocycles. The number of furan rings is 1. The van der Waals surface area contributed by atoms with Crippen LogP contribution in [0.5, 0.6) is 0 Å². The van der Waals surface area contributed by atoms with Gasteiger partial charge >= 0.3 is 0 Å². The van der Waals surface area contributed by atoms with Crippen LogP contribution in [0.3, 0.4) is 0 Å². The number of aryl methyl sites for hydroxylation is 1. The zero-order valence-electron chi connectivity index (χ0n) is 15.9. The van der Waals surface area contributed by atoms with E-state index >= 15 is 0 Å². The van der Waals surface area contributed by atoms with E-state index in [-0.39, 0.29) is 23.8 Å². The molecule has 1 saturated heterocycles. The third-order valence-corrected chi connectivity index (χ3v) is 4.74. The number of nitrogens with one attached hydrogen (secondary N) is 2. The van der Waals surface area contributed by atoms with Crippen LogP contribution >= 0.6 is 0 Å². The highest BCUT2D eigenvalue weighted by atomic mass is 16.3. The minimum absolute atomic E-state index is 0.192. The Morgan fingerprint density at radius 3 is 2.54 bits per heavy atom. The van der Waals surface area contributed by atoms with Gasteiger partial charge in [-0.2, -0.15) is 0 Å². The number of hydrogen-bond donors (Lipinski definition) is 3. The molecule has 0 spiro atoms. The summed E-state index contributed by atoms with van der Waals surface area (Å²) in [5.41, 5.74) is 7.42. The molecule has 3 amide bonds. The van der Waals surface area contributed by atoms with Gasteiger partial charge in [-0.3, -0.25) is 14.4 Å². The first-order valence-electron chi connectivity index (χ1n) is 9.20. The molecule has 2 atom stereocenters. The quantitative estimate of drug-likeness (QED) is 0.722. The Balaban J connectivity index is 1.70. The van der Waals surface area contributed by atoms with Crippen LogP contribution in [-0.2, 0) is 4.79 Å². The first-order chi connectivity index (χ1) is 13.4. The van der Waals surface area contributed by atoms with Crippen LogP contribution in [0, 0.1) is 6.92 Å². The summed E-state index contributed by atoms with van der Waals surface area (Å²) >= 11 is 0. The van der Waals surface area contributed by atoms with Gasteiger partial charge in [-0.15, -0.1) is 0 Å². The number of hydrogen-bond acceptors (Lipinski definition) is 5. The Hall–Kier alpha value is -3.13. The lowest BCUT2D eigenvalue weighted by Crippen LogP contribution is -2.45. The van der Waals surface area contributed by atoms with Crippen LogP contribution in [0.2, 0.25) is 0 Å². The average Bonchev–Trinajstić information content (AvgIpc) is 3.27. The minimum Gasteiger partial charge on any atom is -0.469 e. The van der Waals surface area contributed by atoms with Crippen LogP contribution in [0.25, 0.3) is 0 Å². The second-order valence-electron chi connectivity index (χ2n) is 6.79. The molecular formula is C20H24N4O4. The lowest BCUT2D eigenvalue weighted by molar-refractivity contribution is -0.124. The number of nitrogens with zero attached hydrogens (tertiary/aromatic N) is 1. The van der Waals surface area contributed by atoms with Crippen molar-refractivity contribution in [1.82, 2.24) is 10.2 Å². The van der Waals surface area contributed by atoms with Crippen molar-refractivity contribution in [3.05, 3.63) is 53.5 Å². The normalized spacial score (nSPS) is 18.8. The Morgan fingerprint density at radius 2 is 1.93 bits per heavy atom. The van der Waals surface area contributed by atoms with Gasteiger partial charge in [-0.05, 0) is 50.6 Å². The first-order valence-corrected chi connectivity index (χ1v) is 9.20. The van der Waals surface area contributed by atoms with Crippen LogP contribution in [0.4, 0.5) is 5.69 Å². The molecule has 1 aromatic carbocycles. The number of likely N-dealkylation sites (N-methyl/N-ethyl adjacent to an activating group) is 1. The molecule has 148 valence electrons. The van der Waals surface area contributed by atoms with E-state index in [0.717, 1.165) is 0 Å². The topological polar surface area (TPSA) is 118 Å². The van der Waals surface area contributed by atoms with E-state index in [2.05, 4.69) is 10.6 Å². The number of amides is 3. The summed E-state index contributed by atoms with van der Waals surface area (Å²) in [5, 5.41) is 5.51. The molecule has 8 heteroatoms. The summed E-state index contributed by atoms with van der Waals surface area (Å²) in [6, 6.07) is 7.35. The monoisotopic (exact) mass is 384 g/mol. The number of rotatable bonds is 5. The third-order valence-electron chi connectivity index (χ3n) is 4.74. The highest BCUT2D eigenvalue weighted by Crippen LogP contribution is 2.21. The molecule has 8 nitrogen and oxygen atoms in total. The zero-order chi connectivity index (χ0) is 20.3. The van der Waals surface area contributed by atoms with Crippen molar-refractivity contribution in [2.75, 3.05) is 18.4 Å². The summed E-state index contributed by atoms with van der Waals surface area (Å²) in [6.07, 6.45) is 1.90. The first kappa shape index (κ1) is 19.6. The lowest BCUT2D eigenvalue weighted by Gasteiger charge is -2.23. The van der Waals surface area contributed by atoms with Gasteiger partial charge in [0.05, 0.1) is 11.8 Å². The molecule has 3 rings (SSSR count). The molecule has 0 radical (unpaired) electrons. The molecule has 28 heavy (non-hydrogen) atoms. The third kappa shape index (κ3) is 4.07. The number of likely N-dealkylation sites (tertiary alicyclic amines) is 1. The average molecular weight is 384 g/mol. The predicted octanol–water partition coefficient (Wildman–Crippen LogP) is 1.52. The van der Waals surface area contributed by atoms with Gasteiger partial charge in [0, 0.05) is 30.4 Å². The second-order valence-corrected chi connectivity index (χ2v) is 6.79. The van der Waals surface area contributed by atoms with Crippen LogP contribution < -0.4 is 16.4 Å². The molecule has 4 N–H and O–H groups in total. The Labute approximate surface area is 163 Å². The van der Waals surface area contributed by atoms with Gasteiger partial charge in [-0.25, -0.2) is 0 Å². The van der Waals surface area contributed by atoms with Crippen molar-refractivity contribution >= 4 is 23.4 Å². The maximum absolute atomic E-state index is 12.9. The number of carbonyl (C=O) groups excluding carboxylic acids is 3. The van der Waals surface area contributed by atoms with Gasteiger partial charge in [-0.1, -0.05) is 0 Å². The van der Waals surface area contributed by atoms with Crippen molar-refractivity contribution in [1.29, 1.82) is 0 Å². The fourth-order valence-corrected chi connectivity index (χ4v) is 3.31. The molecule has 1 fully saturated rings. The summed E-state index contributed by atoms with van der Waals surface area (Å²) in [6.45, 7) is 4.37. The lowest BCUT2D eigenvalue weighted by atomic mass is 10.1. The number of carbonyl (C=O) groups is 3. The highest BCUT2D eigenvalue weighted by molar-refractivity contribution is 6.05. The van der Waals surface area contributed by atoms with E-state index in [1.54, 1.807) is 37.3 Å². The van der Waals surface area contributed by atoms with Crippen molar-refractivity contribution < 1.29 is 18.8 Å². The van der Waals surface area contributed by atoms with E-state index < -0.39 is 6.04 Å². The summed E-state index contributed by atoms with van der Waals surface area (Å²) in [7, 11) is 0. The molecule has 0 bridgehead atoms. The molecule has 0 aliphatic carbocycles. The van der Waals surface area contributed by atoms with Crippen LogP contribution in [0.1, 0.15) is 39.8 Å². The predicted molar refractivity (Wildman–Crippen MR) is 104 cm³/mol. The number of anilines is 1. The van der Waals surface area contributed by atoms with Gasteiger partial charge in [0.15, 0.2) is 0 Å². The molecule has 2 aromatic rings. The SMILES string of the molecule is CCNC(=O)[C@@H]1C[C@@H](N)CN1C(=O)c1ccc(NC(=O)c2ccoc2C)cc1. The van der Waals surface area contributed by atoms with Gasteiger partial charge in [0.2, 0.25) is 5.91 Å². The Morgan fingerprint density at radius 1 is 1.21 bits per heavy atom. The minimum atomic E-state index is -0.564. The Bertz CT molecular complexity index is 875. The Kier molecular flexibility index (Phi) is 5.79. The smallest absolute Gasteiger partial charge is 0.259 e. The van der Waals surface area contributed by atoms with Crippen LogP contribution in [-0.4, -0.2) is 47.8 Å². The number of benzene rings is 1. The molecular weight excluding hydrogens is 360 g/mol. The standard InChI is InChI=1S/C20H24N4O4/c1-3-22-19(26)17-10-14(21)11-24(17)20(27)13-4-6-15(7-5-13)23-18(25)16-8-9-28-12(16)2/h4-9,14,17H,3,10-11,21H2,1-2H3,(H,22,26)(H,23,25)/t14-,17+/m1/s1. The van der Waals surface area contributed by atoms with Crippen molar-refractivity contribution in [2.45, 2.75) is 32.4 Å². The molecule has 1 aromatic heterocycles. The van der Waals surface area contributed by atoms with Crippen LogP contribution in [0.15, 0.2) is 41.0 Å². The van der Waals surface area contributed by atoms with Gasteiger partial charge in [0.1, 0.15) is 11.8 Å². The highest BCUT2D eigenvalue weighted by Gasteiger charge is 2.38. The van der Waals surface area contributed by atoms with Gasteiger partial charge in [0.25, 0.3) is 11.8 Å². The van der Waals surface area contributed by atoms with E-state index in [9.17, 15) is 14.4 Å². The fourth-order valence-electron chi connectivity index (χ4n) is 3.31. The molecule has 1 aliphatic rings. The van der Waals surface area contributed by atoms with Crippen molar-refractivity contribution in [3.8, 4) is 0 Å². The maximum atomic E-state index is 12.9. The van der Waals surface area contributed by atoms with E-state index in [1.165, 1.54) is 11.2 Å². The molecule has 0 unspecified atom stereocenters.